The monoisotopic (exact) mass is 202 g/mol. The summed E-state index contributed by atoms with van der Waals surface area (Å²) >= 11 is 0. The quantitative estimate of drug-likeness (QED) is 0.613. The van der Waals surface area contributed by atoms with Gasteiger partial charge in [0, 0.05) is 0 Å². The zero-order chi connectivity index (χ0) is 10.0. The van der Waals surface area contributed by atoms with Crippen molar-refractivity contribution in [2.24, 2.45) is 0 Å². The van der Waals surface area contributed by atoms with Crippen molar-refractivity contribution in [3.05, 3.63) is 42.1 Å². The van der Waals surface area contributed by atoms with Crippen LogP contribution in [-0.2, 0) is 0 Å². The third kappa shape index (κ3) is 1.57. The molecule has 14 heavy (non-hydrogen) atoms. The van der Waals surface area contributed by atoms with Crippen LogP contribution < -0.4 is 5.19 Å². The molecule has 0 nitrogen and oxygen atoms in total. The minimum Gasteiger partial charge on any atom is -0.103 e. The third-order valence-corrected chi connectivity index (χ3v) is 8.37. The summed E-state index contributed by atoms with van der Waals surface area (Å²) < 4.78 is 0. The van der Waals surface area contributed by atoms with Gasteiger partial charge < -0.3 is 0 Å². The lowest BCUT2D eigenvalue weighted by Crippen LogP contribution is -2.48. The molecule has 2 rings (SSSR count). The number of benzene rings is 1. The molecule has 1 aliphatic rings. The highest BCUT2D eigenvalue weighted by Crippen LogP contribution is 2.30. The summed E-state index contributed by atoms with van der Waals surface area (Å²) in [7, 11) is -1.31. The average molecular weight is 202 g/mol. The Morgan fingerprint density at radius 3 is 2.50 bits per heavy atom. The number of rotatable bonds is 1. The summed E-state index contributed by atoms with van der Waals surface area (Å²) in [5.41, 5.74) is 0. The van der Waals surface area contributed by atoms with Crippen LogP contribution in [0.5, 0.6) is 0 Å². The van der Waals surface area contributed by atoms with Gasteiger partial charge in [-0.1, -0.05) is 60.1 Å². The van der Waals surface area contributed by atoms with Crippen molar-refractivity contribution < 1.29 is 0 Å². The highest BCUT2D eigenvalue weighted by Gasteiger charge is 2.34. The minimum atomic E-state index is -1.31. The number of allylic oxidation sites excluding steroid dienone is 1. The molecule has 1 aliphatic heterocycles. The van der Waals surface area contributed by atoms with Crippen LogP contribution in [0, 0.1) is 0 Å². The van der Waals surface area contributed by atoms with E-state index in [0.717, 1.165) is 0 Å². The van der Waals surface area contributed by atoms with E-state index in [2.05, 4.69) is 43.5 Å². The fraction of sp³-hybridized carbons (Fsp3) is 0.385. The molecule has 0 amide bonds. The molecule has 0 saturated carbocycles. The van der Waals surface area contributed by atoms with Gasteiger partial charge in [0.05, 0.1) is 0 Å². The lowest BCUT2D eigenvalue weighted by molar-refractivity contribution is 0.765. The van der Waals surface area contributed by atoms with Gasteiger partial charge in [-0.25, -0.2) is 0 Å². The molecule has 1 heterocycles. The Morgan fingerprint density at radius 2 is 1.86 bits per heavy atom. The second-order valence-electron chi connectivity index (χ2n) is 4.51. The number of hydrogen-bond acceptors (Lipinski definition) is 0. The molecular formula is C13H18Si. The van der Waals surface area contributed by atoms with E-state index < -0.39 is 8.07 Å². The Hall–Kier alpha value is -0.823. The van der Waals surface area contributed by atoms with E-state index in [-0.39, 0.29) is 0 Å². The predicted molar refractivity (Wildman–Crippen MR) is 65.5 cm³/mol. The van der Waals surface area contributed by atoms with Crippen molar-refractivity contribution in [3.63, 3.8) is 0 Å². The standard InChI is InChI=1S/C13H18Si/c1-12-8-6-7-11-14(12,2)13-9-4-3-5-10-13/h3-5,9-10H,1,6-8,11H2,2H3. The molecule has 0 aliphatic carbocycles. The maximum atomic E-state index is 4.31. The van der Waals surface area contributed by atoms with Gasteiger partial charge in [-0.2, -0.15) is 0 Å². The van der Waals surface area contributed by atoms with Crippen LogP contribution in [0.4, 0.5) is 0 Å². The Labute approximate surface area is 87.7 Å². The SMILES string of the molecule is C=C1CCCC[Si]1(C)c1ccccc1. The Kier molecular flexibility index (Phi) is 2.59. The van der Waals surface area contributed by atoms with Crippen molar-refractivity contribution >= 4 is 13.3 Å². The molecule has 74 valence electrons. The van der Waals surface area contributed by atoms with E-state index in [0.29, 0.717) is 0 Å². The van der Waals surface area contributed by atoms with Crippen LogP contribution in [0.2, 0.25) is 12.6 Å². The van der Waals surface area contributed by atoms with Gasteiger partial charge in [0.1, 0.15) is 8.07 Å². The van der Waals surface area contributed by atoms with E-state index in [1.54, 1.807) is 10.4 Å². The highest BCUT2D eigenvalue weighted by molar-refractivity contribution is 6.96. The summed E-state index contributed by atoms with van der Waals surface area (Å²) in [6.07, 6.45) is 4.02. The van der Waals surface area contributed by atoms with Gasteiger partial charge in [-0.05, 0) is 12.5 Å². The largest absolute Gasteiger partial charge is 0.109 e. The van der Waals surface area contributed by atoms with Gasteiger partial charge in [-0.3, -0.25) is 0 Å². The third-order valence-electron chi connectivity index (χ3n) is 3.60. The van der Waals surface area contributed by atoms with Gasteiger partial charge in [-0.15, -0.1) is 6.58 Å². The molecule has 1 aromatic carbocycles. The molecule has 1 heteroatoms. The fourth-order valence-electron chi connectivity index (χ4n) is 2.42. The smallest absolute Gasteiger partial charge is 0.103 e. The van der Waals surface area contributed by atoms with E-state index in [1.807, 2.05) is 0 Å². The average Bonchev–Trinajstić information content (AvgIpc) is 2.24. The van der Waals surface area contributed by atoms with Crippen LogP contribution >= 0.6 is 0 Å². The predicted octanol–water partition coefficient (Wildman–Crippen LogP) is 3.25. The van der Waals surface area contributed by atoms with E-state index >= 15 is 0 Å². The van der Waals surface area contributed by atoms with Crippen LogP contribution in [-0.4, -0.2) is 8.07 Å². The van der Waals surface area contributed by atoms with E-state index in [4.69, 9.17) is 0 Å². The molecule has 0 spiro atoms. The normalized spacial score (nSPS) is 27.6. The Balaban J connectivity index is 2.35. The van der Waals surface area contributed by atoms with Crippen molar-refractivity contribution in [1.82, 2.24) is 0 Å². The summed E-state index contributed by atoms with van der Waals surface area (Å²) in [6.45, 7) is 6.78. The highest BCUT2D eigenvalue weighted by atomic mass is 28.3. The Morgan fingerprint density at radius 1 is 1.14 bits per heavy atom. The van der Waals surface area contributed by atoms with Crippen LogP contribution in [0.15, 0.2) is 42.1 Å². The van der Waals surface area contributed by atoms with Crippen molar-refractivity contribution in [2.45, 2.75) is 31.9 Å². The van der Waals surface area contributed by atoms with Crippen LogP contribution in [0.25, 0.3) is 0 Å². The van der Waals surface area contributed by atoms with Crippen molar-refractivity contribution in [2.75, 3.05) is 0 Å². The first kappa shape index (κ1) is 9.72. The molecule has 1 aromatic rings. The fourth-order valence-corrected chi connectivity index (χ4v) is 6.09. The minimum absolute atomic E-state index is 1.26. The van der Waals surface area contributed by atoms with Crippen LogP contribution in [0.1, 0.15) is 19.3 Å². The number of hydrogen-bond donors (Lipinski definition) is 0. The van der Waals surface area contributed by atoms with Gasteiger partial charge in [0.15, 0.2) is 0 Å². The van der Waals surface area contributed by atoms with Crippen LogP contribution in [0.3, 0.4) is 0 Å². The topological polar surface area (TPSA) is 0 Å². The Bertz CT molecular complexity index is 328. The first-order valence-corrected chi connectivity index (χ1v) is 8.18. The van der Waals surface area contributed by atoms with E-state index in [1.165, 1.54) is 25.3 Å². The first-order chi connectivity index (χ1) is 6.73. The lowest BCUT2D eigenvalue weighted by atomic mass is 10.2. The maximum Gasteiger partial charge on any atom is 0.109 e. The van der Waals surface area contributed by atoms with Gasteiger partial charge in [0.2, 0.25) is 0 Å². The molecular weight excluding hydrogens is 184 g/mol. The lowest BCUT2D eigenvalue weighted by Gasteiger charge is -2.34. The maximum absolute atomic E-state index is 4.31. The van der Waals surface area contributed by atoms with E-state index in [9.17, 15) is 0 Å². The van der Waals surface area contributed by atoms with Gasteiger partial charge in [0.25, 0.3) is 0 Å². The second-order valence-corrected chi connectivity index (χ2v) is 8.96. The molecule has 1 unspecified atom stereocenters. The summed E-state index contributed by atoms with van der Waals surface area (Å²) in [5, 5.41) is 3.12. The molecule has 0 aromatic heterocycles. The zero-order valence-corrected chi connectivity index (χ0v) is 9.92. The molecule has 1 fully saturated rings. The summed E-state index contributed by atoms with van der Waals surface area (Å²) in [6, 6.07) is 12.4. The van der Waals surface area contributed by atoms with Gasteiger partial charge >= 0.3 is 0 Å². The molecule has 0 bridgehead atoms. The first-order valence-electron chi connectivity index (χ1n) is 5.47. The zero-order valence-electron chi connectivity index (χ0n) is 8.92. The van der Waals surface area contributed by atoms with Crippen molar-refractivity contribution in [1.29, 1.82) is 0 Å². The summed E-state index contributed by atoms with van der Waals surface area (Å²) in [5.74, 6) is 0. The molecule has 0 N–H and O–H groups in total. The van der Waals surface area contributed by atoms with Crippen molar-refractivity contribution in [3.8, 4) is 0 Å². The second kappa shape index (κ2) is 3.74. The molecule has 1 saturated heterocycles. The summed E-state index contributed by atoms with van der Waals surface area (Å²) in [4.78, 5) is 0. The molecule has 0 radical (unpaired) electrons. The molecule has 1 atom stereocenters.